The Labute approximate surface area is 133 Å². The van der Waals surface area contributed by atoms with Gasteiger partial charge in [0.05, 0.1) is 7.11 Å². The molecule has 3 nitrogen and oxygen atoms in total. The summed E-state index contributed by atoms with van der Waals surface area (Å²) in [7, 11) is 3.73. The number of nitrogens with one attached hydrogen (secondary N) is 1. The van der Waals surface area contributed by atoms with Crippen LogP contribution >= 0.6 is 12.2 Å². The van der Waals surface area contributed by atoms with E-state index in [0.29, 0.717) is 12.0 Å². The highest BCUT2D eigenvalue weighted by Gasteiger charge is 2.22. The molecule has 1 aliphatic carbocycles. The van der Waals surface area contributed by atoms with Crippen molar-refractivity contribution in [1.29, 1.82) is 0 Å². The molecular formula is C17H26N2OS. The number of hydrogen-bond donors (Lipinski definition) is 1. The number of thiocarbonyl (C=S) groups is 1. The van der Waals surface area contributed by atoms with Gasteiger partial charge in [0.2, 0.25) is 0 Å². The molecule has 1 aromatic rings. The van der Waals surface area contributed by atoms with Crippen molar-refractivity contribution in [3.05, 3.63) is 29.8 Å². The largest absolute Gasteiger partial charge is 0.497 e. The lowest BCUT2D eigenvalue weighted by atomic mass is 9.86. The van der Waals surface area contributed by atoms with E-state index in [4.69, 9.17) is 17.0 Å². The number of rotatable bonds is 4. The minimum atomic E-state index is 0.532. The average Bonchev–Trinajstić information content (AvgIpc) is 2.50. The van der Waals surface area contributed by atoms with Crippen LogP contribution in [-0.2, 0) is 6.54 Å². The highest BCUT2D eigenvalue weighted by atomic mass is 32.1. The van der Waals surface area contributed by atoms with E-state index in [9.17, 15) is 0 Å². The lowest BCUT2D eigenvalue weighted by Gasteiger charge is -2.33. The van der Waals surface area contributed by atoms with Gasteiger partial charge in [-0.3, -0.25) is 0 Å². The number of nitrogens with zero attached hydrogens (tertiary/aromatic N) is 1. The molecule has 1 aromatic carbocycles. The van der Waals surface area contributed by atoms with Gasteiger partial charge in [-0.25, -0.2) is 0 Å². The lowest BCUT2D eigenvalue weighted by molar-refractivity contribution is 0.300. The Morgan fingerprint density at radius 1 is 1.29 bits per heavy atom. The van der Waals surface area contributed by atoms with Crippen molar-refractivity contribution in [2.24, 2.45) is 5.92 Å². The Hall–Kier alpha value is -1.29. The highest BCUT2D eigenvalue weighted by Crippen LogP contribution is 2.24. The number of hydrogen-bond acceptors (Lipinski definition) is 2. The average molecular weight is 306 g/mol. The summed E-state index contributed by atoms with van der Waals surface area (Å²) < 4.78 is 5.18. The third-order valence-electron chi connectivity index (χ3n) is 4.35. The highest BCUT2D eigenvalue weighted by molar-refractivity contribution is 7.80. The standard InChI is InChI=1S/C17H26N2OS/c1-13-6-4-5-7-16(13)18-17(21)19(2)12-14-8-10-15(20-3)11-9-14/h8-11,13,16H,4-7,12H2,1-3H3,(H,18,21)/t13-,16-/m1/s1. The lowest BCUT2D eigenvalue weighted by Crippen LogP contribution is -2.46. The summed E-state index contributed by atoms with van der Waals surface area (Å²) in [5, 5.41) is 4.40. The van der Waals surface area contributed by atoms with Crippen LogP contribution in [0.1, 0.15) is 38.2 Å². The van der Waals surface area contributed by atoms with Crippen LogP contribution in [0.2, 0.25) is 0 Å². The Morgan fingerprint density at radius 3 is 2.57 bits per heavy atom. The van der Waals surface area contributed by atoms with Gasteiger partial charge in [0.25, 0.3) is 0 Å². The van der Waals surface area contributed by atoms with Crippen molar-refractivity contribution in [2.75, 3.05) is 14.2 Å². The first-order valence-electron chi connectivity index (χ1n) is 7.74. The molecule has 1 fully saturated rings. The Morgan fingerprint density at radius 2 is 1.95 bits per heavy atom. The first kappa shape index (κ1) is 16.1. The van der Waals surface area contributed by atoms with E-state index in [-0.39, 0.29) is 0 Å². The van der Waals surface area contributed by atoms with E-state index in [2.05, 4.69) is 29.3 Å². The number of benzene rings is 1. The molecule has 1 aliphatic rings. The van der Waals surface area contributed by atoms with Crippen molar-refractivity contribution in [1.82, 2.24) is 10.2 Å². The van der Waals surface area contributed by atoms with Gasteiger partial charge < -0.3 is 15.0 Å². The van der Waals surface area contributed by atoms with E-state index in [0.717, 1.165) is 17.4 Å². The van der Waals surface area contributed by atoms with Crippen LogP contribution in [0.4, 0.5) is 0 Å². The summed E-state index contributed by atoms with van der Waals surface area (Å²) >= 11 is 5.55. The second-order valence-corrected chi connectivity index (χ2v) is 6.41. The molecule has 2 rings (SSSR count). The Bertz CT molecular complexity index is 460. The number of ether oxygens (including phenoxy) is 1. The molecule has 0 aliphatic heterocycles. The fourth-order valence-electron chi connectivity index (χ4n) is 2.88. The number of methoxy groups -OCH3 is 1. The van der Waals surface area contributed by atoms with Gasteiger partial charge in [-0.05, 0) is 48.7 Å². The van der Waals surface area contributed by atoms with Gasteiger partial charge in [-0.2, -0.15) is 0 Å². The maximum atomic E-state index is 5.55. The SMILES string of the molecule is COc1ccc(CN(C)C(=S)N[C@@H]2CCCC[C@H]2C)cc1. The summed E-state index contributed by atoms with van der Waals surface area (Å²) in [6.07, 6.45) is 5.21. The summed E-state index contributed by atoms with van der Waals surface area (Å²) in [5.74, 6) is 1.60. The Balaban J connectivity index is 1.86. The van der Waals surface area contributed by atoms with E-state index in [1.54, 1.807) is 7.11 Å². The van der Waals surface area contributed by atoms with Crippen molar-refractivity contribution >= 4 is 17.3 Å². The zero-order valence-corrected chi connectivity index (χ0v) is 14.1. The molecule has 1 saturated carbocycles. The fraction of sp³-hybridized carbons (Fsp3) is 0.588. The molecule has 0 saturated heterocycles. The molecule has 0 spiro atoms. The molecule has 4 heteroatoms. The van der Waals surface area contributed by atoms with Crippen molar-refractivity contribution in [2.45, 2.75) is 45.2 Å². The van der Waals surface area contributed by atoms with Gasteiger partial charge >= 0.3 is 0 Å². The van der Waals surface area contributed by atoms with Crippen LogP contribution in [0.25, 0.3) is 0 Å². The molecule has 2 atom stereocenters. The van der Waals surface area contributed by atoms with E-state index >= 15 is 0 Å². The van der Waals surface area contributed by atoms with Crippen molar-refractivity contribution in [3.8, 4) is 5.75 Å². The van der Waals surface area contributed by atoms with Crippen molar-refractivity contribution < 1.29 is 4.74 Å². The molecule has 0 heterocycles. The summed E-state index contributed by atoms with van der Waals surface area (Å²) in [6.45, 7) is 3.14. The monoisotopic (exact) mass is 306 g/mol. The third-order valence-corrected chi connectivity index (χ3v) is 4.78. The predicted molar refractivity (Wildman–Crippen MR) is 91.6 cm³/mol. The van der Waals surface area contributed by atoms with Gasteiger partial charge in [0, 0.05) is 19.6 Å². The topological polar surface area (TPSA) is 24.5 Å². The van der Waals surface area contributed by atoms with Crippen LogP contribution in [0, 0.1) is 5.92 Å². The zero-order valence-electron chi connectivity index (χ0n) is 13.3. The van der Waals surface area contributed by atoms with Gasteiger partial charge in [-0.1, -0.05) is 31.9 Å². The predicted octanol–water partition coefficient (Wildman–Crippen LogP) is 3.58. The summed E-state index contributed by atoms with van der Waals surface area (Å²) in [5.41, 5.74) is 1.24. The van der Waals surface area contributed by atoms with E-state index in [1.165, 1.54) is 31.2 Å². The normalized spacial score (nSPS) is 21.7. The molecule has 0 radical (unpaired) electrons. The summed E-state index contributed by atoms with van der Waals surface area (Å²) in [4.78, 5) is 2.11. The van der Waals surface area contributed by atoms with Gasteiger partial charge in [-0.15, -0.1) is 0 Å². The first-order valence-corrected chi connectivity index (χ1v) is 8.15. The van der Waals surface area contributed by atoms with Crippen molar-refractivity contribution in [3.63, 3.8) is 0 Å². The molecule has 116 valence electrons. The fourth-order valence-corrected chi connectivity index (χ4v) is 3.09. The second kappa shape index (κ2) is 7.64. The molecule has 1 N–H and O–H groups in total. The Kier molecular flexibility index (Phi) is 5.85. The van der Waals surface area contributed by atoms with Crippen LogP contribution in [0.5, 0.6) is 5.75 Å². The molecule has 0 amide bonds. The molecule has 0 bridgehead atoms. The molecular weight excluding hydrogens is 280 g/mol. The van der Waals surface area contributed by atoms with Crippen LogP contribution in [-0.4, -0.2) is 30.2 Å². The zero-order chi connectivity index (χ0) is 15.2. The van der Waals surface area contributed by atoms with E-state index < -0.39 is 0 Å². The maximum Gasteiger partial charge on any atom is 0.169 e. The molecule has 0 aromatic heterocycles. The summed E-state index contributed by atoms with van der Waals surface area (Å²) in [6, 6.07) is 8.68. The quantitative estimate of drug-likeness (QED) is 0.859. The van der Waals surface area contributed by atoms with Crippen LogP contribution in [0.15, 0.2) is 24.3 Å². The van der Waals surface area contributed by atoms with Gasteiger partial charge in [0.15, 0.2) is 5.11 Å². The third kappa shape index (κ3) is 4.60. The minimum Gasteiger partial charge on any atom is -0.497 e. The van der Waals surface area contributed by atoms with E-state index in [1.807, 2.05) is 19.2 Å². The van der Waals surface area contributed by atoms with Crippen LogP contribution in [0.3, 0.4) is 0 Å². The van der Waals surface area contributed by atoms with Crippen LogP contribution < -0.4 is 10.1 Å². The maximum absolute atomic E-state index is 5.55. The minimum absolute atomic E-state index is 0.532. The smallest absolute Gasteiger partial charge is 0.169 e. The van der Waals surface area contributed by atoms with Gasteiger partial charge in [0.1, 0.15) is 5.75 Å². The molecule has 21 heavy (non-hydrogen) atoms. The molecule has 0 unspecified atom stereocenters. The second-order valence-electron chi connectivity index (χ2n) is 6.02. The first-order chi connectivity index (χ1) is 10.1.